The first-order valence-electron chi connectivity index (χ1n) is 10.9. The Kier molecular flexibility index (Phi) is 6.28. The van der Waals surface area contributed by atoms with Crippen molar-refractivity contribution in [3.05, 3.63) is 70.7 Å². The van der Waals surface area contributed by atoms with Crippen LogP contribution in [0.5, 0.6) is 5.75 Å². The van der Waals surface area contributed by atoms with Gasteiger partial charge in [0.1, 0.15) is 12.4 Å². The van der Waals surface area contributed by atoms with Gasteiger partial charge in [0.15, 0.2) is 0 Å². The lowest BCUT2D eigenvalue weighted by Crippen LogP contribution is -2.41. The molecule has 0 saturated carbocycles. The van der Waals surface area contributed by atoms with E-state index in [0.717, 1.165) is 22.3 Å². The number of amides is 2. The minimum Gasteiger partial charge on any atom is -0.490 e. The fourth-order valence-corrected chi connectivity index (χ4v) is 3.98. The van der Waals surface area contributed by atoms with Crippen LogP contribution in [0.2, 0.25) is 0 Å². The first kappa shape index (κ1) is 22.9. The van der Waals surface area contributed by atoms with Crippen LogP contribution in [-0.4, -0.2) is 42.0 Å². The van der Waals surface area contributed by atoms with E-state index in [4.69, 9.17) is 10.00 Å². The molecule has 1 unspecified atom stereocenters. The summed E-state index contributed by atoms with van der Waals surface area (Å²) in [5.74, 6) is -0.753. The Balaban J connectivity index is 1.50. The number of fused-ring (bicyclic) bond motifs is 1. The van der Waals surface area contributed by atoms with Crippen molar-refractivity contribution < 1.29 is 14.3 Å². The molecule has 0 aliphatic carbocycles. The molecule has 0 bridgehead atoms. The Morgan fingerprint density at radius 3 is 2.74 bits per heavy atom. The minimum atomic E-state index is -0.601. The van der Waals surface area contributed by atoms with E-state index in [-0.39, 0.29) is 24.9 Å². The van der Waals surface area contributed by atoms with E-state index in [1.54, 1.807) is 31.4 Å². The molecule has 2 amide bonds. The van der Waals surface area contributed by atoms with Gasteiger partial charge in [-0.2, -0.15) is 5.26 Å². The maximum atomic E-state index is 13.0. The molecule has 1 atom stereocenters. The van der Waals surface area contributed by atoms with Crippen LogP contribution in [-0.2, 0) is 4.79 Å². The predicted molar refractivity (Wildman–Crippen MR) is 128 cm³/mol. The molecule has 4 rings (SSSR count). The van der Waals surface area contributed by atoms with Crippen LogP contribution in [0, 0.1) is 38.0 Å². The molecule has 1 aliphatic heterocycles. The van der Waals surface area contributed by atoms with Gasteiger partial charge in [0, 0.05) is 31.4 Å². The highest BCUT2D eigenvalue weighted by atomic mass is 16.5. The van der Waals surface area contributed by atoms with Gasteiger partial charge in [-0.15, -0.1) is 0 Å². The maximum Gasteiger partial charge on any atom is 0.289 e. The monoisotopic (exact) mass is 455 g/mol. The molecular formula is C26H25N5O3. The minimum absolute atomic E-state index is 0.0397. The zero-order valence-electron chi connectivity index (χ0n) is 19.5. The highest BCUT2D eigenvalue weighted by Crippen LogP contribution is 2.32. The average Bonchev–Trinajstić information content (AvgIpc) is 2.94. The third-order valence-electron chi connectivity index (χ3n) is 5.89. The number of rotatable bonds is 4. The van der Waals surface area contributed by atoms with Gasteiger partial charge in [-0.3, -0.25) is 9.59 Å². The molecular weight excluding hydrogens is 430 g/mol. The molecule has 0 saturated heterocycles. The zero-order chi connectivity index (χ0) is 24.4. The predicted octanol–water partition coefficient (Wildman–Crippen LogP) is 3.34. The van der Waals surface area contributed by atoms with Crippen LogP contribution in [0.1, 0.15) is 32.9 Å². The molecule has 1 N–H and O–H groups in total. The summed E-state index contributed by atoms with van der Waals surface area (Å²) in [4.78, 5) is 36.0. The van der Waals surface area contributed by atoms with Gasteiger partial charge in [-0.05, 0) is 44.0 Å². The standard InChI is InChI=1S/C26H25N5O3/c1-15-5-7-20(16(2)9-15)23-17(3)12-28-24(30-23)25(32)29-13-19-14-34-22-10-18(11-27)6-8-21(22)31(4)26(19)33/h5-10,12,19H,13-14H2,1-4H3,(H,29,32). The summed E-state index contributed by atoms with van der Waals surface area (Å²) < 4.78 is 5.80. The van der Waals surface area contributed by atoms with Crippen LogP contribution >= 0.6 is 0 Å². The van der Waals surface area contributed by atoms with Crippen molar-refractivity contribution in [2.75, 3.05) is 25.1 Å². The van der Waals surface area contributed by atoms with Crippen LogP contribution in [0.15, 0.2) is 42.6 Å². The molecule has 1 aromatic heterocycles. The molecule has 0 radical (unpaired) electrons. The van der Waals surface area contributed by atoms with Crippen LogP contribution in [0.3, 0.4) is 0 Å². The van der Waals surface area contributed by atoms with Crippen molar-refractivity contribution in [1.29, 1.82) is 5.26 Å². The van der Waals surface area contributed by atoms with E-state index in [1.165, 1.54) is 4.90 Å². The van der Waals surface area contributed by atoms with Crippen molar-refractivity contribution in [2.45, 2.75) is 20.8 Å². The van der Waals surface area contributed by atoms with Gasteiger partial charge in [0.2, 0.25) is 11.7 Å². The normalized spacial score (nSPS) is 15.1. The average molecular weight is 456 g/mol. The number of carbonyl (C=O) groups is 2. The summed E-state index contributed by atoms with van der Waals surface area (Å²) in [7, 11) is 1.65. The Hall–Kier alpha value is -4.25. The molecule has 0 fully saturated rings. The second-order valence-corrected chi connectivity index (χ2v) is 8.45. The van der Waals surface area contributed by atoms with Crippen LogP contribution in [0.4, 0.5) is 5.69 Å². The molecule has 8 heteroatoms. The zero-order valence-corrected chi connectivity index (χ0v) is 19.5. The largest absolute Gasteiger partial charge is 0.490 e. The molecule has 34 heavy (non-hydrogen) atoms. The Morgan fingerprint density at radius 2 is 2.00 bits per heavy atom. The molecule has 0 spiro atoms. The first-order valence-corrected chi connectivity index (χ1v) is 10.9. The third kappa shape index (κ3) is 4.46. The van der Waals surface area contributed by atoms with Crippen molar-refractivity contribution >= 4 is 17.5 Å². The highest BCUT2D eigenvalue weighted by Gasteiger charge is 2.30. The quantitative estimate of drug-likeness (QED) is 0.646. The fraction of sp³-hybridized carbons (Fsp3) is 0.269. The van der Waals surface area contributed by atoms with Gasteiger partial charge in [-0.25, -0.2) is 9.97 Å². The molecule has 2 heterocycles. The van der Waals surface area contributed by atoms with E-state index in [1.807, 2.05) is 32.9 Å². The summed E-state index contributed by atoms with van der Waals surface area (Å²) in [6.45, 7) is 6.09. The smallest absolute Gasteiger partial charge is 0.289 e. The van der Waals surface area contributed by atoms with Crippen molar-refractivity contribution in [3.63, 3.8) is 0 Å². The van der Waals surface area contributed by atoms with Crippen LogP contribution in [0.25, 0.3) is 11.3 Å². The van der Waals surface area contributed by atoms with Crippen molar-refractivity contribution in [1.82, 2.24) is 15.3 Å². The first-order chi connectivity index (χ1) is 16.3. The van der Waals surface area contributed by atoms with E-state index >= 15 is 0 Å². The third-order valence-corrected chi connectivity index (χ3v) is 5.89. The summed E-state index contributed by atoms with van der Waals surface area (Å²) in [5, 5.41) is 11.9. The Labute approximate surface area is 198 Å². The Bertz CT molecular complexity index is 1330. The van der Waals surface area contributed by atoms with E-state index in [2.05, 4.69) is 27.4 Å². The summed E-state index contributed by atoms with van der Waals surface area (Å²) in [5.41, 5.74) is 5.76. The second kappa shape index (κ2) is 9.32. The van der Waals surface area contributed by atoms with E-state index in [9.17, 15) is 9.59 Å². The number of benzene rings is 2. The lowest BCUT2D eigenvalue weighted by atomic mass is 10.0. The molecule has 172 valence electrons. The number of anilines is 1. The van der Waals surface area contributed by atoms with Gasteiger partial charge in [0.25, 0.3) is 5.91 Å². The SMILES string of the molecule is Cc1ccc(-c2nc(C(=O)NCC3COc4cc(C#N)ccc4N(C)C3=O)ncc2C)c(C)c1. The van der Waals surface area contributed by atoms with E-state index in [0.29, 0.717) is 22.7 Å². The number of aromatic nitrogens is 2. The van der Waals surface area contributed by atoms with E-state index < -0.39 is 11.8 Å². The number of hydrogen-bond acceptors (Lipinski definition) is 6. The number of ether oxygens (including phenoxy) is 1. The van der Waals surface area contributed by atoms with Gasteiger partial charge < -0.3 is 15.0 Å². The summed E-state index contributed by atoms with van der Waals surface area (Å²) >= 11 is 0. The molecule has 1 aliphatic rings. The summed E-state index contributed by atoms with van der Waals surface area (Å²) in [6, 6.07) is 13.1. The highest BCUT2D eigenvalue weighted by molar-refractivity contribution is 5.98. The summed E-state index contributed by atoms with van der Waals surface area (Å²) in [6.07, 6.45) is 1.63. The Morgan fingerprint density at radius 1 is 1.21 bits per heavy atom. The lowest BCUT2D eigenvalue weighted by molar-refractivity contribution is -0.122. The topological polar surface area (TPSA) is 108 Å². The van der Waals surface area contributed by atoms with Gasteiger partial charge in [-0.1, -0.05) is 23.8 Å². The number of nitrogens with one attached hydrogen (secondary N) is 1. The number of nitriles is 1. The molecule has 3 aromatic rings. The lowest BCUT2D eigenvalue weighted by Gasteiger charge is -2.19. The van der Waals surface area contributed by atoms with Crippen molar-refractivity contribution in [2.24, 2.45) is 5.92 Å². The van der Waals surface area contributed by atoms with Gasteiger partial charge >= 0.3 is 0 Å². The number of aryl methyl sites for hydroxylation is 3. The number of hydrogen-bond donors (Lipinski definition) is 1. The maximum absolute atomic E-state index is 13.0. The van der Waals surface area contributed by atoms with Crippen LogP contribution < -0.4 is 15.0 Å². The molecule has 8 nitrogen and oxygen atoms in total. The number of nitrogens with zero attached hydrogens (tertiary/aromatic N) is 4. The van der Waals surface area contributed by atoms with Gasteiger partial charge in [0.05, 0.1) is 28.9 Å². The number of carbonyl (C=O) groups excluding carboxylic acids is 2. The molecule has 2 aromatic carbocycles. The van der Waals surface area contributed by atoms with Crippen molar-refractivity contribution in [3.8, 4) is 23.1 Å². The fourth-order valence-electron chi connectivity index (χ4n) is 3.98. The second-order valence-electron chi connectivity index (χ2n) is 8.45.